The maximum atomic E-state index is 13.2. The number of carbonyl (C=O) groups excluding carboxylic acids is 1. The predicted octanol–water partition coefficient (Wildman–Crippen LogP) is 2.10. The van der Waals surface area contributed by atoms with E-state index in [1.54, 1.807) is 24.0 Å². The van der Waals surface area contributed by atoms with E-state index in [1.165, 1.54) is 12.1 Å². The van der Waals surface area contributed by atoms with Crippen LogP contribution in [0.4, 0.5) is 10.1 Å². The smallest absolute Gasteiger partial charge is 0.276 e. The van der Waals surface area contributed by atoms with Crippen LogP contribution in [0.25, 0.3) is 0 Å². The Balaban J connectivity index is 2.20. The van der Waals surface area contributed by atoms with E-state index >= 15 is 0 Å². The zero-order valence-electron chi connectivity index (χ0n) is 11.5. The summed E-state index contributed by atoms with van der Waals surface area (Å²) in [6.45, 7) is 4.41. The van der Waals surface area contributed by atoms with Gasteiger partial charge in [-0.1, -0.05) is 12.1 Å². The highest BCUT2D eigenvalue weighted by molar-refractivity contribution is 5.97. The predicted molar refractivity (Wildman–Crippen MR) is 74.6 cm³/mol. The molecule has 0 spiro atoms. The second kappa shape index (κ2) is 5.73. The number of aromatic nitrogens is 2. The van der Waals surface area contributed by atoms with E-state index in [1.807, 2.05) is 6.92 Å². The van der Waals surface area contributed by atoms with Crippen LogP contribution in [0.1, 0.15) is 28.7 Å². The third-order valence-corrected chi connectivity index (χ3v) is 3.13. The number of nitrogens with two attached hydrogens (primary N) is 1. The van der Waals surface area contributed by atoms with E-state index in [9.17, 15) is 9.18 Å². The molecule has 0 aliphatic carbocycles. The Morgan fingerprint density at radius 3 is 2.80 bits per heavy atom. The van der Waals surface area contributed by atoms with Crippen LogP contribution in [0, 0.1) is 12.7 Å². The summed E-state index contributed by atoms with van der Waals surface area (Å²) in [5.41, 5.74) is 7.77. The first-order valence-electron chi connectivity index (χ1n) is 6.37. The molecule has 0 fully saturated rings. The fourth-order valence-corrected chi connectivity index (χ4v) is 1.93. The molecule has 2 aromatic rings. The number of nitrogen functional groups attached to an aromatic ring is 1. The second-order valence-electron chi connectivity index (χ2n) is 4.56. The van der Waals surface area contributed by atoms with Crippen molar-refractivity contribution < 1.29 is 9.18 Å². The summed E-state index contributed by atoms with van der Waals surface area (Å²) in [6, 6.07) is 6.18. The molecular weight excluding hydrogens is 259 g/mol. The Morgan fingerprint density at radius 2 is 2.25 bits per heavy atom. The molecule has 0 atom stereocenters. The monoisotopic (exact) mass is 276 g/mol. The van der Waals surface area contributed by atoms with Crippen molar-refractivity contribution in [3.8, 4) is 0 Å². The molecule has 1 amide bonds. The fourth-order valence-electron chi connectivity index (χ4n) is 1.93. The Kier molecular flexibility index (Phi) is 4.02. The summed E-state index contributed by atoms with van der Waals surface area (Å²) in [7, 11) is 0. The fraction of sp³-hybridized carbons (Fsp3) is 0.286. The summed E-state index contributed by atoms with van der Waals surface area (Å²) in [5.74, 6) is -0.584. The number of anilines is 1. The van der Waals surface area contributed by atoms with Crippen molar-refractivity contribution in [1.82, 2.24) is 15.1 Å². The van der Waals surface area contributed by atoms with E-state index in [2.05, 4.69) is 10.2 Å². The number of hydrogen-bond acceptors (Lipinski definition) is 3. The molecule has 106 valence electrons. The Morgan fingerprint density at radius 1 is 1.50 bits per heavy atom. The van der Waals surface area contributed by atoms with Crippen molar-refractivity contribution in [3.63, 3.8) is 0 Å². The lowest BCUT2D eigenvalue weighted by Crippen LogP contribution is -2.31. The van der Waals surface area contributed by atoms with Crippen molar-refractivity contribution in [2.45, 2.75) is 20.4 Å². The molecule has 3 N–H and O–H groups in total. The Bertz CT molecular complexity index is 623. The van der Waals surface area contributed by atoms with Gasteiger partial charge in [0, 0.05) is 13.1 Å². The summed E-state index contributed by atoms with van der Waals surface area (Å²) >= 11 is 0. The highest BCUT2D eigenvalue weighted by Crippen LogP contribution is 2.16. The number of halogens is 1. The van der Waals surface area contributed by atoms with Gasteiger partial charge < -0.3 is 10.6 Å². The third-order valence-electron chi connectivity index (χ3n) is 3.13. The number of carbonyl (C=O) groups is 1. The van der Waals surface area contributed by atoms with Gasteiger partial charge in [0.2, 0.25) is 0 Å². The number of amides is 1. The first kappa shape index (κ1) is 14.0. The largest absolute Gasteiger partial charge is 0.395 e. The SMILES string of the molecule is CCN(Cc1cccc(F)c1)C(=O)c1n[nH]c(C)c1N. The minimum atomic E-state index is -0.318. The molecule has 5 nitrogen and oxygen atoms in total. The molecule has 0 aliphatic heterocycles. The summed E-state index contributed by atoms with van der Waals surface area (Å²) in [4.78, 5) is 13.9. The molecule has 0 aliphatic rings. The summed E-state index contributed by atoms with van der Waals surface area (Å²) in [6.07, 6.45) is 0. The standard InChI is InChI=1S/C14H17FN4O/c1-3-19(8-10-5-4-6-11(15)7-10)14(20)13-12(16)9(2)17-18-13/h4-7H,3,8,16H2,1-2H3,(H,17,18). The van der Waals surface area contributed by atoms with Gasteiger partial charge in [0.25, 0.3) is 5.91 Å². The van der Waals surface area contributed by atoms with Gasteiger partial charge in [0.05, 0.1) is 11.4 Å². The zero-order chi connectivity index (χ0) is 14.7. The second-order valence-corrected chi connectivity index (χ2v) is 4.56. The molecule has 1 aromatic heterocycles. The normalized spacial score (nSPS) is 10.6. The first-order valence-corrected chi connectivity index (χ1v) is 6.37. The maximum absolute atomic E-state index is 13.2. The molecular formula is C14H17FN4O. The highest BCUT2D eigenvalue weighted by Gasteiger charge is 2.21. The lowest BCUT2D eigenvalue weighted by atomic mass is 10.2. The van der Waals surface area contributed by atoms with Crippen LogP contribution < -0.4 is 5.73 Å². The van der Waals surface area contributed by atoms with Gasteiger partial charge in [-0.05, 0) is 31.5 Å². The van der Waals surface area contributed by atoms with Gasteiger partial charge in [-0.25, -0.2) is 4.39 Å². The molecule has 0 radical (unpaired) electrons. The summed E-state index contributed by atoms with van der Waals surface area (Å²) in [5, 5.41) is 6.62. The Hall–Kier alpha value is -2.37. The number of hydrogen-bond donors (Lipinski definition) is 2. The van der Waals surface area contributed by atoms with Crippen LogP contribution in [-0.2, 0) is 6.54 Å². The van der Waals surface area contributed by atoms with Crippen molar-refractivity contribution in [1.29, 1.82) is 0 Å². The molecule has 1 aromatic carbocycles. The Labute approximate surface area is 116 Å². The topological polar surface area (TPSA) is 75.0 Å². The van der Waals surface area contributed by atoms with E-state index in [-0.39, 0.29) is 17.4 Å². The van der Waals surface area contributed by atoms with E-state index in [4.69, 9.17) is 5.73 Å². The number of nitrogens with zero attached hydrogens (tertiary/aromatic N) is 2. The summed E-state index contributed by atoms with van der Waals surface area (Å²) < 4.78 is 13.2. The molecule has 0 unspecified atom stereocenters. The van der Waals surface area contributed by atoms with Crippen molar-refractivity contribution in [2.75, 3.05) is 12.3 Å². The van der Waals surface area contributed by atoms with Crippen LogP contribution in [0.5, 0.6) is 0 Å². The van der Waals surface area contributed by atoms with Crippen molar-refractivity contribution >= 4 is 11.6 Å². The highest BCUT2D eigenvalue weighted by atomic mass is 19.1. The number of benzene rings is 1. The lowest BCUT2D eigenvalue weighted by molar-refractivity contribution is 0.0747. The van der Waals surface area contributed by atoms with Crippen molar-refractivity contribution in [3.05, 3.63) is 47.0 Å². The van der Waals surface area contributed by atoms with Gasteiger partial charge in [0.1, 0.15) is 5.82 Å². The van der Waals surface area contributed by atoms with E-state index in [0.717, 1.165) is 5.56 Å². The van der Waals surface area contributed by atoms with Gasteiger partial charge in [0.15, 0.2) is 5.69 Å². The van der Waals surface area contributed by atoms with Gasteiger partial charge in [-0.3, -0.25) is 9.89 Å². The lowest BCUT2D eigenvalue weighted by Gasteiger charge is -2.20. The number of aromatic amines is 1. The molecule has 6 heteroatoms. The average Bonchev–Trinajstić information content (AvgIpc) is 2.76. The van der Waals surface area contributed by atoms with Gasteiger partial charge in [-0.15, -0.1) is 0 Å². The molecule has 1 heterocycles. The van der Waals surface area contributed by atoms with E-state index < -0.39 is 0 Å². The van der Waals surface area contributed by atoms with E-state index in [0.29, 0.717) is 24.5 Å². The minimum Gasteiger partial charge on any atom is -0.395 e. The molecule has 0 saturated heterocycles. The molecule has 20 heavy (non-hydrogen) atoms. The van der Waals surface area contributed by atoms with Crippen molar-refractivity contribution in [2.24, 2.45) is 0 Å². The quantitative estimate of drug-likeness (QED) is 0.898. The first-order chi connectivity index (χ1) is 9.52. The molecule has 0 bridgehead atoms. The number of nitrogens with one attached hydrogen (secondary N) is 1. The van der Waals surface area contributed by atoms with Gasteiger partial charge >= 0.3 is 0 Å². The van der Waals surface area contributed by atoms with Crippen LogP contribution in [0.15, 0.2) is 24.3 Å². The number of H-pyrrole nitrogens is 1. The minimum absolute atomic E-state index is 0.209. The maximum Gasteiger partial charge on any atom is 0.276 e. The third kappa shape index (κ3) is 2.79. The molecule has 2 rings (SSSR count). The number of rotatable bonds is 4. The van der Waals surface area contributed by atoms with Crippen LogP contribution in [0.2, 0.25) is 0 Å². The van der Waals surface area contributed by atoms with Crippen LogP contribution in [0.3, 0.4) is 0 Å². The zero-order valence-corrected chi connectivity index (χ0v) is 11.5. The molecule has 0 saturated carbocycles. The number of aryl methyl sites for hydroxylation is 1. The van der Waals surface area contributed by atoms with Crippen LogP contribution in [-0.4, -0.2) is 27.5 Å². The van der Waals surface area contributed by atoms with Crippen LogP contribution >= 0.6 is 0 Å². The average molecular weight is 276 g/mol. The van der Waals surface area contributed by atoms with Gasteiger partial charge in [-0.2, -0.15) is 5.10 Å².